The molecule has 6 heteroatoms. The number of aliphatic hydroxyl groups is 1. The molecular formula is C12H19N3O2S. The first-order chi connectivity index (χ1) is 8.32. The lowest BCUT2D eigenvalue weighted by Crippen LogP contribution is -2.47. The molecule has 0 aromatic carbocycles. The number of hydrogen-bond acceptors (Lipinski definition) is 5. The van der Waals surface area contributed by atoms with Crippen LogP contribution in [0.15, 0.2) is 0 Å². The highest BCUT2D eigenvalue weighted by molar-refractivity contribution is 7.08. The monoisotopic (exact) mass is 269 g/mol. The van der Waals surface area contributed by atoms with E-state index in [0.29, 0.717) is 17.1 Å². The Morgan fingerprint density at radius 1 is 1.50 bits per heavy atom. The molecule has 1 heterocycles. The van der Waals surface area contributed by atoms with Gasteiger partial charge in [0.2, 0.25) is 0 Å². The highest BCUT2D eigenvalue weighted by atomic mass is 32.1. The molecular weight excluding hydrogens is 250 g/mol. The number of carbonyl (C=O) groups excluding carboxylic acids is 1. The van der Waals surface area contributed by atoms with Crippen molar-refractivity contribution < 1.29 is 9.90 Å². The molecule has 1 aliphatic carbocycles. The second-order valence-corrected chi connectivity index (χ2v) is 6.72. The van der Waals surface area contributed by atoms with Gasteiger partial charge in [-0.05, 0) is 30.8 Å². The molecule has 0 spiro atoms. The van der Waals surface area contributed by atoms with E-state index in [1.807, 2.05) is 20.8 Å². The minimum absolute atomic E-state index is 0.185. The van der Waals surface area contributed by atoms with Gasteiger partial charge in [0, 0.05) is 12.0 Å². The minimum Gasteiger partial charge on any atom is -0.388 e. The van der Waals surface area contributed by atoms with Gasteiger partial charge in [-0.15, -0.1) is 5.10 Å². The van der Waals surface area contributed by atoms with Crippen LogP contribution < -0.4 is 5.32 Å². The summed E-state index contributed by atoms with van der Waals surface area (Å²) in [5.41, 5.74) is -0.187. The molecule has 1 saturated carbocycles. The lowest BCUT2D eigenvalue weighted by molar-refractivity contribution is -0.0300. The predicted octanol–water partition coefficient (Wildman–Crippen LogP) is 1.48. The van der Waals surface area contributed by atoms with Crippen molar-refractivity contribution in [1.29, 1.82) is 0 Å². The molecule has 1 fully saturated rings. The first kappa shape index (κ1) is 13.4. The molecule has 0 atom stereocenters. The van der Waals surface area contributed by atoms with E-state index < -0.39 is 5.60 Å². The second-order valence-electron chi connectivity index (χ2n) is 5.96. The van der Waals surface area contributed by atoms with Crippen LogP contribution >= 0.6 is 11.5 Å². The summed E-state index contributed by atoms with van der Waals surface area (Å²) in [7, 11) is 0. The van der Waals surface area contributed by atoms with Crippen LogP contribution in [-0.4, -0.2) is 32.7 Å². The third-order valence-corrected chi connectivity index (χ3v) is 3.99. The summed E-state index contributed by atoms with van der Waals surface area (Å²) in [5, 5.41) is 16.8. The molecule has 1 aromatic heterocycles. The lowest BCUT2D eigenvalue weighted by atomic mass is 9.80. The van der Waals surface area contributed by atoms with Crippen LogP contribution in [0.2, 0.25) is 0 Å². The predicted molar refractivity (Wildman–Crippen MR) is 69.7 cm³/mol. The van der Waals surface area contributed by atoms with Crippen molar-refractivity contribution in [3.8, 4) is 0 Å². The van der Waals surface area contributed by atoms with E-state index in [0.717, 1.165) is 30.8 Å². The highest BCUT2D eigenvalue weighted by Crippen LogP contribution is 2.31. The lowest BCUT2D eigenvalue weighted by Gasteiger charge is -2.36. The number of rotatable bonds is 3. The Kier molecular flexibility index (Phi) is 3.42. The van der Waals surface area contributed by atoms with Gasteiger partial charge in [0.25, 0.3) is 5.91 Å². The zero-order valence-corrected chi connectivity index (χ0v) is 11.8. The van der Waals surface area contributed by atoms with E-state index in [-0.39, 0.29) is 11.3 Å². The van der Waals surface area contributed by atoms with Crippen LogP contribution in [-0.2, 0) is 5.41 Å². The summed E-state index contributed by atoms with van der Waals surface area (Å²) in [6.45, 7) is 6.31. The van der Waals surface area contributed by atoms with Gasteiger partial charge in [-0.1, -0.05) is 25.3 Å². The number of aromatic nitrogens is 2. The van der Waals surface area contributed by atoms with Crippen molar-refractivity contribution in [2.75, 3.05) is 6.54 Å². The summed E-state index contributed by atoms with van der Waals surface area (Å²) in [6.07, 6.45) is 2.56. The van der Waals surface area contributed by atoms with Crippen molar-refractivity contribution >= 4 is 17.4 Å². The molecule has 5 nitrogen and oxygen atoms in total. The van der Waals surface area contributed by atoms with E-state index in [2.05, 4.69) is 14.9 Å². The van der Waals surface area contributed by atoms with E-state index >= 15 is 0 Å². The van der Waals surface area contributed by atoms with Gasteiger partial charge in [-0.3, -0.25) is 4.79 Å². The summed E-state index contributed by atoms with van der Waals surface area (Å²) < 4.78 is 3.86. The molecule has 0 saturated heterocycles. The van der Waals surface area contributed by atoms with Crippen LogP contribution in [0.25, 0.3) is 0 Å². The quantitative estimate of drug-likeness (QED) is 0.871. The molecule has 1 amide bonds. The number of amides is 1. The molecule has 1 aliphatic rings. The van der Waals surface area contributed by atoms with Gasteiger partial charge >= 0.3 is 0 Å². The molecule has 1 aromatic rings. The second kappa shape index (κ2) is 4.59. The third-order valence-electron chi connectivity index (χ3n) is 3.27. The van der Waals surface area contributed by atoms with Gasteiger partial charge in [-0.2, -0.15) is 0 Å². The highest BCUT2D eigenvalue weighted by Gasteiger charge is 2.35. The van der Waals surface area contributed by atoms with Crippen molar-refractivity contribution in [2.45, 2.75) is 51.0 Å². The average Bonchev–Trinajstić information content (AvgIpc) is 2.71. The van der Waals surface area contributed by atoms with Gasteiger partial charge in [0.05, 0.1) is 11.3 Å². The zero-order valence-electron chi connectivity index (χ0n) is 11.0. The van der Waals surface area contributed by atoms with E-state index in [4.69, 9.17) is 0 Å². The Balaban J connectivity index is 2.03. The third kappa shape index (κ3) is 2.70. The molecule has 0 aliphatic heterocycles. The van der Waals surface area contributed by atoms with Gasteiger partial charge < -0.3 is 10.4 Å². The molecule has 0 bridgehead atoms. The SMILES string of the molecule is CC(C)(C)c1nnsc1C(=O)NCC1(O)CCC1. The van der Waals surface area contributed by atoms with E-state index in [1.165, 1.54) is 0 Å². The van der Waals surface area contributed by atoms with Crippen LogP contribution in [0.5, 0.6) is 0 Å². The average molecular weight is 269 g/mol. The molecule has 0 unspecified atom stereocenters. The first-order valence-corrected chi connectivity index (χ1v) is 6.93. The van der Waals surface area contributed by atoms with Crippen molar-refractivity contribution in [3.05, 3.63) is 10.6 Å². The Morgan fingerprint density at radius 2 is 2.17 bits per heavy atom. The Bertz CT molecular complexity index is 446. The molecule has 2 rings (SSSR count). The van der Waals surface area contributed by atoms with Crippen LogP contribution in [0.1, 0.15) is 55.4 Å². The van der Waals surface area contributed by atoms with Crippen molar-refractivity contribution in [1.82, 2.24) is 14.9 Å². The maximum atomic E-state index is 12.1. The van der Waals surface area contributed by atoms with Gasteiger partial charge in [0.15, 0.2) is 0 Å². The summed E-state index contributed by atoms with van der Waals surface area (Å²) in [4.78, 5) is 12.6. The summed E-state index contributed by atoms with van der Waals surface area (Å²) in [5.74, 6) is -0.185. The number of carbonyl (C=O) groups is 1. The number of hydrogen-bond donors (Lipinski definition) is 2. The number of nitrogens with zero attached hydrogens (tertiary/aromatic N) is 2. The topological polar surface area (TPSA) is 75.1 Å². The number of nitrogens with one attached hydrogen (secondary N) is 1. The van der Waals surface area contributed by atoms with Crippen LogP contribution in [0.4, 0.5) is 0 Å². The Morgan fingerprint density at radius 3 is 2.67 bits per heavy atom. The maximum absolute atomic E-state index is 12.1. The molecule has 100 valence electrons. The Hall–Kier alpha value is -1.01. The van der Waals surface area contributed by atoms with Crippen LogP contribution in [0, 0.1) is 0 Å². The van der Waals surface area contributed by atoms with Crippen molar-refractivity contribution in [2.24, 2.45) is 0 Å². The first-order valence-electron chi connectivity index (χ1n) is 6.15. The van der Waals surface area contributed by atoms with E-state index in [9.17, 15) is 9.90 Å². The molecule has 2 N–H and O–H groups in total. The molecule has 18 heavy (non-hydrogen) atoms. The summed E-state index contributed by atoms with van der Waals surface area (Å²) in [6, 6.07) is 0. The summed E-state index contributed by atoms with van der Waals surface area (Å²) >= 11 is 1.11. The fourth-order valence-corrected chi connectivity index (χ4v) is 2.71. The fourth-order valence-electron chi connectivity index (χ4n) is 1.92. The standard InChI is InChI=1S/C12H19N3O2S/c1-11(2,3)9-8(18-15-14-9)10(16)13-7-12(17)5-4-6-12/h17H,4-7H2,1-3H3,(H,13,16). The van der Waals surface area contributed by atoms with Crippen LogP contribution in [0.3, 0.4) is 0 Å². The zero-order chi connectivity index (χ0) is 13.4. The Labute approximate surface area is 111 Å². The van der Waals surface area contributed by atoms with Crippen molar-refractivity contribution in [3.63, 3.8) is 0 Å². The van der Waals surface area contributed by atoms with Gasteiger partial charge in [0.1, 0.15) is 4.88 Å². The largest absolute Gasteiger partial charge is 0.388 e. The molecule has 0 radical (unpaired) electrons. The fraction of sp³-hybridized carbons (Fsp3) is 0.750. The van der Waals surface area contributed by atoms with E-state index in [1.54, 1.807) is 0 Å². The smallest absolute Gasteiger partial charge is 0.265 e. The normalized spacial score (nSPS) is 18.2. The maximum Gasteiger partial charge on any atom is 0.265 e. The van der Waals surface area contributed by atoms with Gasteiger partial charge in [-0.25, -0.2) is 0 Å². The minimum atomic E-state index is -0.699.